The summed E-state index contributed by atoms with van der Waals surface area (Å²) in [5, 5.41) is 3.93. The minimum absolute atomic E-state index is 0.131. The maximum atomic E-state index is 12.4. The molecule has 1 aliphatic rings. The standard InChI is InChI=1S/C22H17N3O5/c1-14-5-6-17(12-23-14)21(26)25-24-11-15-3-2-4-18(9-15)30-22(27)16-7-8-19-20(10-16)29-13-28-19/h2-12H,13H2,1H3,(H,25,26)/b24-11-. The molecule has 0 bridgehead atoms. The molecule has 1 N–H and O–H groups in total. The topological polar surface area (TPSA) is 99.1 Å². The lowest BCUT2D eigenvalue weighted by molar-refractivity contribution is 0.0734. The molecule has 0 radical (unpaired) electrons. The van der Waals surface area contributed by atoms with Crippen LogP contribution in [0.4, 0.5) is 0 Å². The molecule has 0 atom stereocenters. The van der Waals surface area contributed by atoms with Crippen LogP contribution in [0.1, 0.15) is 32.0 Å². The van der Waals surface area contributed by atoms with Crippen molar-refractivity contribution < 1.29 is 23.8 Å². The molecule has 1 aromatic heterocycles. The molecular weight excluding hydrogens is 386 g/mol. The number of hydrogen-bond donors (Lipinski definition) is 1. The lowest BCUT2D eigenvalue weighted by Crippen LogP contribution is -2.17. The molecule has 30 heavy (non-hydrogen) atoms. The number of benzene rings is 2. The number of nitrogens with zero attached hydrogens (tertiary/aromatic N) is 2. The Morgan fingerprint density at radius 1 is 1.07 bits per heavy atom. The van der Waals surface area contributed by atoms with Crippen molar-refractivity contribution in [2.45, 2.75) is 6.92 Å². The number of pyridine rings is 1. The Hall–Kier alpha value is -4.20. The summed E-state index contributed by atoms with van der Waals surface area (Å²) in [7, 11) is 0. The van der Waals surface area contributed by atoms with Crippen LogP contribution in [0.5, 0.6) is 17.2 Å². The van der Waals surface area contributed by atoms with Crippen molar-refractivity contribution in [2.24, 2.45) is 5.10 Å². The quantitative estimate of drug-likeness (QED) is 0.304. The number of amides is 1. The zero-order valence-electron chi connectivity index (χ0n) is 16.0. The molecule has 0 unspecified atom stereocenters. The minimum Gasteiger partial charge on any atom is -0.454 e. The van der Waals surface area contributed by atoms with Gasteiger partial charge in [0, 0.05) is 11.9 Å². The first-order chi connectivity index (χ1) is 14.6. The summed E-state index contributed by atoms with van der Waals surface area (Å²) in [6, 6.07) is 15.0. The summed E-state index contributed by atoms with van der Waals surface area (Å²) in [6.07, 6.45) is 2.94. The van der Waals surface area contributed by atoms with Crippen molar-refractivity contribution in [1.29, 1.82) is 0 Å². The molecule has 2 aromatic carbocycles. The fourth-order valence-corrected chi connectivity index (χ4v) is 2.68. The lowest BCUT2D eigenvalue weighted by Gasteiger charge is -2.06. The molecule has 4 rings (SSSR count). The molecule has 2 heterocycles. The van der Waals surface area contributed by atoms with Crippen molar-refractivity contribution in [3.63, 3.8) is 0 Å². The molecule has 0 fully saturated rings. The van der Waals surface area contributed by atoms with E-state index in [1.54, 1.807) is 54.6 Å². The minimum atomic E-state index is -0.525. The van der Waals surface area contributed by atoms with Gasteiger partial charge in [-0.15, -0.1) is 0 Å². The summed E-state index contributed by atoms with van der Waals surface area (Å²) in [4.78, 5) is 28.5. The highest BCUT2D eigenvalue weighted by molar-refractivity contribution is 5.95. The number of esters is 1. The Morgan fingerprint density at radius 3 is 2.73 bits per heavy atom. The van der Waals surface area contributed by atoms with Gasteiger partial charge in [-0.3, -0.25) is 9.78 Å². The average Bonchev–Trinajstić information content (AvgIpc) is 3.22. The zero-order chi connectivity index (χ0) is 20.9. The van der Waals surface area contributed by atoms with E-state index in [4.69, 9.17) is 14.2 Å². The van der Waals surface area contributed by atoms with Crippen LogP contribution in [0.3, 0.4) is 0 Å². The molecule has 1 amide bonds. The van der Waals surface area contributed by atoms with Crippen LogP contribution in [0, 0.1) is 6.92 Å². The molecular formula is C22H17N3O5. The van der Waals surface area contributed by atoms with Crippen LogP contribution in [0.25, 0.3) is 0 Å². The Morgan fingerprint density at radius 2 is 1.90 bits per heavy atom. The van der Waals surface area contributed by atoms with Crippen molar-refractivity contribution in [1.82, 2.24) is 10.4 Å². The molecule has 150 valence electrons. The number of hydrazone groups is 1. The first-order valence-electron chi connectivity index (χ1n) is 9.06. The van der Waals surface area contributed by atoms with Crippen molar-refractivity contribution in [3.8, 4) is 17.2 Å². The maximum absolute atomic E-state index is 12.4. The Kier molecular flexibility index (Phi) is 5.38. The number of hydrogen-bond acceptors (Lipinski definition) is 7. The van der Waals surface area contributed by atoms with Gasteiger partial charge >= 0.3 is 5.97 Å². The molecule has 8 heteroatoms. The van der Waals surface area contributed by atoms with E-state index in [0.29, 0.717) is 33.9 Å². The predicted octanol–water partition coefficient (Wildman–Crippen LogP) is 3.10. The van der Waals surface area contributed by atoms with E-state index in [9.17, 15) is 9.59 Å². The lowest BCUT2D eigenvalue weighted by atomic mass is 10.2. The smallest absolute Gasteiger partial charge is 0.343 e. The van der Waals surface area contributed by atoms with Gasteiger partial charge in [-0.25, -0.2) is 10.2 Å². The molecule has 0 saturated heterocycles. The number of carbonyl (C=O) groups is 2. The average molecular weight is 403 g/mol. The number of ether oxygens (including phenoxy) is 3. The summed E-state index contributed by atoms with van der Waals surface area (Å²) in [5.74, 6) is 0.542. The van der Waals surface area contributed by atoms with Gasteiger partial charge in [0.2, 0.25) is 6.79 Å². The molecule has 0 saturated carbocycles. The van der Waals surface area contributed by atoms with E-state index in [-0.39, 0.29) is 12.7 Å². The van der Waals surface area contributed by atoms with Gasteiger partial charge in [0.25, 0.3) is 5.91 Å². The van der Waals surface area contributed by atoms with Gasteiger partial charge in [-0.05, 0) is 55.0 Å². The van der Waals surface area contributed by atoms with Crippen LogP contribution in [0.2, 0.25) is 0 Å². The molecule has 1 aliphatic heterocycles. The second-order valence-electron chi connectivity index (χ2n) is 6.42. The molecule has 3 aromatic rings. The maximum Gasteiger partial charge on any atom is 0.343 e. The van der Waals surface area contributed by atoms with Crippen LogP contribution in [-0.4, -0.2) is 29.9 Å². The van der Waals surface area contributed by atoms with Crippen LogP contribution in [0.15, 0.2) is 65.9 Å². The van der Waals surface area contributed by atoms with Gasteiger partial charge in [0.05, 0.1) is 17.3 Å². The van der Waals surface area contributed by atoms with E-state index >= 15 is 0 Å². The highest BCUT2D eigenvalue weighted by Gasteiger charge is 2.17. The van der Waals surface area contributed by atoms with Crippen LogP contribution in [-0.2, 0) is 0 Å². The number of aryl methyl sites for hydroxylation is 1. The summed E-state index contributed by atoms with van der Waals surface area (Å²) in [6.45, 7) is 1.97. The third-order valence-electron chi connectivity index (χ3n) is 4.23. The van der Waals surface area contributed by atoms with Gasteiger partial charge in [0.15, 0.2) is 11.5 Å². The Bertz CT molecular complexity index is 1130. The molecule has 0 spiro atoms. The number of carbonyl (C=O) groups excluding carboxylic acids is 2. The van der Waals surface area contributed by atoms with Crippen LogP contribution < -0.4 is 19.6 Å². The summed E-state index contributed by atoms with van der Waals surface area (Å²) in [5.41, 5.74) is 4.65. The summed E-state index contributed by atoms with van der Waals surface area (Å²) >= 11 is 0. The largest absolute Gasteiger partial charge is 0.454 e. The molecule has 0 aliphatic carbocycles. The Labute approximate surface area is 172 Å². The fraction of sp³-hybridized carbons (Fsp3) is 0.0909. The fourth-order valence-electron chi connectivity index (χ4n) is 2.68. The van der Waals surface area contributed by atoms with Crippen LogP contribution >= 0.6 is 0 Å². The number of fused-ring (bicyclic) bond motifs is 1. The monoisotopic (exact) mass is 403 g/mol. The first-order valence-corrected chi connectivity index (χ1v) is 9.06. The highest BCUT2D eigenvalue weighted by atomic mass is 16.7. The number of nitrogens with one attached hydrogen (secondary N) is 1. The van der Waals surface area contributed by atoms with Gasteiger partial charge in [-0.2, -0.15) is 5.10 Å². The normalized spacial score (nSPS) is 12.0. The van der Waals surface area contributed by atoms with Gasteiger partial charge in [-0.1, -0.05) is 12.1 Å². The number of rotatable bonds is 5. The molecule has 8 nitrogen and oxygen atoms in total. The van der Waals surface area contributed by atoms with Crippen molar-refractivity contribution in [2.75, 3.05) is 6.79 Å². The summed E-state index contributed by atoms with van der Waals surface area (Å²) < 4.78 is 15.9. The van der Waals surface area contributed by atoms with Gasteiger partial charge < -0.3 is 14.2 Å². The van der Waals surface area contributed by atoms with Gasteiger partial charge in [0.1, 0.15) is 5.75 Å². The first kappa shape index (κ1) is 19.1. The van der Waals surface area contributed by atoms with E-state index in [1.807, 2.05) is 6.92 Å². The van der Waals surface area contributed by atoms with Crippen molar-refractivity contribution >= 4 is 18.1 Å². The predicted molar refractivity (Wildman–Crippen MR) is 108 cm³/mol. The number of aromatic nitrogens is 1. The second-order valence-corrected chi connectivity index (χ2v) is 6.42. The van der Waals surface area contributed by atoms with E-state index in [0.717, 1.165) is 5.69 Å². The third-order valence-corrected chi connectivity index (χ3v) is 4.23. The third kappa shape index (κ3) is 4.44. The zero-order valence-corrected chi connectivity index (χ0v) is 16.0. The highest BCUT2D eigenvalue weighted by Crippen LogP contribution is 2.32. The van der Waals surface area contributed by atoms with E-state index in [1.165, 1.54) is 12.4 Å². The Balaban J connectivity index is 1.38. The van der Waals surface area contributed by atoms with E-state index < -0.39 is 5.97 Å². The van der Waals surface area contributed by atoms with Crippen molar-refractivity contribution in [3.05, 3.63) is 83.2 Å². The SMILES string of the molecule is Cc1ccc(C(=O)N/N=C\c2cccc(OC(=O)c3ccc4c(c3)OCO4)c2)cn1. The van der Waals surface area contributed by atoms with E-state index in [2.05, 4.69) is 15.5 Å². The second kappa shape index (κ2) is 8.44.